The minimum atomic E-state index is -0.113. The normalized spacial score (nSPS) is 10.9. The second-order valence-electron chi connectivity index (χ2n) is 6.52. The predicted octanol–water partition coefficient (Wildman–Crippen LogP) is 5.74. The number of thioether (sulfide) groups is 1. The summed E-state index contributed by atoms with van der Waals surface area (Å²) in [6.07, 6.45) is 3.18. The molecule has 5 nitrogen and oxygen atoms in total. The topological polar surface area (TPSA) is 59.8 Å². The number of nitrogens with one attached hydrogen (secondary N) is 1. The van der Waals surface area contributed by atoms with Crippen LogP contribution in [0.4, 0.5) is 5.69 Å². The first-order valence-electron chi connectivity index (χ1n) is 9.34. The largest absolute Gasteiger partial charge is 0.325 e. The van der Waals surface area contributed by atoms with Crippen LogP contribution in [0.2, 0.25) is 10.0 Å². The predicted molar refractivity (Wildman–Crippen MR) is 121 cm³/mol. The summed E-state index contributed by atoms with van der Waals surface area (Å²) in [7, 11) is 0. The molecule has 152 valence electrons. The molecule has 0 saturated heterocycles. The van der Waals surface area contributed by atoms with E-state index in [-0.39, 0.29) is 11.7 Å². The van der Waals surface area contributed by atoms with Gasteiger partial charge in [0.05, 0.1) is 11.4 Å². The van der Waals surface area contributed by atoms with Gasteiger partial charge in [0.25, 0.3) is 0 Å². The first-order valence-corrected chi connectivity index (χ1v) is 11.1. The summed E-state index contributed by atoms with van der Waals surface area (Å²) in [6.45, 7) is 6.03. The molecule has 0 atom stereocenters. The first-order chi connectivity index (χ1) is 13.9. The van der Waals surface area contributed by atoms with E-state index in [4.69, 9.17) is 23.2 Å². The summed E-state index contributed by atoms with van der Waals surface area (Å²) >= 11 is 13.9. The highest BCUT2D eigenvalue weighted by Crippen LogP contribution is 2.30. The van der Waals surface area contributed by atoms with Crippen LogP contribution in [0, 0.1) is 6.92 Å². The molecule has 1 N–H and O–H groups in total. The highest BCUT2D eigenvalue weighted by atomic mass is 35.5. The third-order valence-corrected chi connectivity index (χ3v) is 6.33. The van der Waals surface area contributed by atoms with Crippen molar-refractivity contribution in [2.24, 2.45) is 0 Å². The second-order valence-corrected chi connectivity index (χ2v) is 8.28. The highest BCUT2D eigenvalue weighted by Gasteiger charge is 2.15. The molecule has 0 saturated carbocycles. The fraction of sp³-hybridized carbons (Fsp3) is 0.286. The zero-order valence-corrected chi connectivity index (χ0v) is 18.8. The number of hydrogen-bond acceptors (Lipinski definition) is 4. The fourth-order valence-electron chi connectivity index (χ4n) is 3.00. The second kappa shape index (κ2) is 9.65. The molecule has 1 aromatic heterocycles. The van der Waals surface area contributed by atoms with Gasteiger partial charge in [-0.2, -0.15) is 0 Å². The van der Waals surface area contributed by atoms with Crippen molar-refractivity contribution < 1.29 is 4.79 Å². The highest BCUT2D eigenvalue weighted by molar-refractivity contribution is 7.99. The average Bonchev–Trinajstić information content (AvgIpc) is 3.17. The van der Waals surface area contributed by atoms with Gasteiger partial charge in [0.1, 0.15) is 6.33 Å². The van der Waals surface area contributed by atoms with Crippen molar-refractivity contribution in [2.75, 3.05) is 11.1 Å². The minimum absolute atomic E-state index is 0.113. The molecule has 0 aliphatic carbocycles. The van der Waals surface area contributed by atoms with E-state index in [0.717, 1.165) is 40.9 Å². The molecule has 3 aromatic rings. The maximum absolute atomic E-state index is 12.6. The van der Waals surface area contributed by atoms with Gasteiger partial charge in [-0.05, 0) is 54.7 Å². The number of hydrogen-bond donors (Lipinski definition) is 1. The molecule has 1 amide bonds. The standard InChI is InChI=1S/C21H22Cl2N4OS/c1-4-14-7-9-17(22)16(5-2)20(14)25-19(28)11-29-21-26-24-12-27(21)15-8-6-13(3)18(23)10-15/h6-10,12H,4-5,11H2,1-3H3,(H,25,28). The summed E-state index contributed by atoms with van der Waals surface area (Å²) in [5.74, 6) is 0.0926. The van der Waals surface area contributed by atoms with E-state index in [1.165, 1.54) is 11.8 Å². The van der Waals surface area contributed by atoms with Gasteiger partial charge in [-0.25, -0.2) is 0 Å². The van der Waals surface area contributed by atoms with Crippen molar-refractivity contribution >= 4 is 46.6 Å². The minimum Gasteiger partial charge on any atom is -0.325 e. The van der Waals surface area contributed by atoms with Crippen LogP contribution in [0.3, 0.4) is 0 Å². The van der Waals surface area contributed by atoms with Gasteiger partial charge in [-0.15, -0.1) is 10.2 Å². The Kier molecular flexibility index (Phi) is 7.22. The van der Waals surface area contributed by atoms with Crippen molar-refractivity contribution in [2.45, 2.75) is 38.8 Å². The summed E-state index contributed by atoms with van der Waals surface area (Å²) in [5, 5.41) is 13.1. The zero-order valence-electron chi connectivity index (χ0n) is 16.5. The Morgan fingerprint density at radius 1 is 1.14 bits per heavy atom. The van der Waals surface area contributed by atoms with E-state index in [1.54, 1.807) is 6.33 Å². The number of nitrogens with zero attached hydrogens (tertiary/aromatic N) is 3. The Morgan fingerprint density at radius 3 is 2.62 bits per heavy atom. The van der Waals surface area contributed by atoms with Crippen LogP contribution in [0.25, 0.3) is 5.69 Å². The molecule has 8 heteroatoms. The third-order valence-electron chi connectivity index (χ3n) is 4.62. The maximum atomic E-state index is 12.6. The number of carbonyl (C=O) groups is 1. The number of rotatable bonds is 7. The molecule has 3 rings (SSSR count). The summed E-state index contributed by atoms with van der Waals surface area (Å²) in [5.41, 5.74) is 4.70. The molecule has 0 aliphatic rings. The van der Waals surface area contributed by atoms with E-state index in [1.807, 2.05) is 48.7 Å². The molecule has 0 radical (unpaired) electrons. The Labute approximate surface area is 184 Å². The van der Waals surface area contributed by atoms with Crippen LogP contribution in [-0.2, 0) is 17.6 Å². The van der Waals surface area contributed by atoms with E-state index >= 15 is 0 Å². The Balaban J connectivity index is 1.74. The molecule has 1 heterocycles. The van der Waals surface area contributed by atoms with Crippen molar-refractivity contribution in [3.05, 3.63) is 63.4 Å². The molecule has 0 unspecified atom stereocenters. The molecule has 29 heavy (non-hydrogen) atoms. The van der Waals surface area contributed by atoms with Crippen molar-refractivity contribution in [3.8, 4) is 5.69 Å². The lowest BCUT2D eigenvalue weighted by Gasteiger charge is -2.16. The molecule has 0 spiro atoms. The van der Waals surface area contributed by atoms with E-state index in [9.17, 15) is 4.79 Å². The van der Waals surface area contributed by atoms with Gasteiger partial charge in [-0.1, -0.05) is 60.9 Å². The van der Waals surface area contributed by atoms with Crippen molar-refractivity contribution in [1.29, 1.82) is 0 Å². The lowest BCUT2D eigenvalue weighted by atomic mass is 10.0. The molecule has 2 aromatic carbocycles. The number of aromatic nitrogens is 3. The molecular weight excluding hydrogens is 427 g/mol. The van der Waals surface area contributed by atoms with Crippen LogP contribution in [-0.4, -0.2) is 26.4 Å². The van der Waals surface area contributed by atoms with E-state index in [2.05, 4.69) is 22.4 Å². The fourth-order valence-corrected chi connectivity index (χ4v) is 4.20. The van der Waals surface area contributed by atoms with Crippen LogP contribution in [0.1, 0.15) is 30.5 Å². The van der Waals surface area contributed by atoms with Crippen LogP contribution in [0.15, 0.2) is 41.8 Å². The molecular formula is C21H22Cl2N4OS. The Hall–Kier alpha value is -2.02. The number of aryl methyl sites for hydroxylation is 2. The summed E-state index contributed by atoms with van der Waals surface area (Å²) < 4.78 is 1.82. The quantitative estimate of drug-likeness (QED) is 0.468. The van der Waals surface area contributed by atoms with Gasteiger partial charge < -0.3 is 5.32 Å². The van der Waals surface area contributed by atoms with Crippen LogP contribution in [0.5, 0.6) is 0 Å². The maximum Gasteiger partial charge on any atom is 0.234 e. The van der Waals surface area contributed by atoms with Crippen LogP contribution >= 0.6 is 35.0 Å². The van der Waals surface area contributed by atoms with E-state index < -0.39 is 0 Å². The first kappa shape index (κ1) is 21.7. The number of benzene rings is 2. The van der Waals surface area contributed by atoms with Gasteiger partial charge >= 0.3 is 0 Å². The number of anilines is 1. The molecule has 0 bridgehead atoms. The van der Waals surface area contributed by atoms with Gasteiger partial charge in [0, 0.05) is 15.7 Å². The SMILES string of the molecule is CCc1ccc(Cl)c(CC)c1NC(=O)CSc1nncn1-c1ccc(C)c(Cl)c1. The summed E-state index contributed by atoms with van der Waals surface area (Å²) in [6, 6.07) is 9.59. The monoisotopic (exact) mass is 448 g/mol. The lowest BCUT2D eigenvalue weighted by Crippen LogP contribution is -2.17. The van der Waals surface area contributed by atoms with E-state index in [0.29, 0.717) is 15.2 Å². The van der Waals surface area contributed by atoms with Gasteiger partial charge in [-0.3, -0.25) is 9.36 Å². The average molecular weight is 449 g/mol. The van der Waals surface area contributed by atoms with Crippen molar-refractivity contribution in [1.82, 2.24) is 14.8 Å². The van der Waals surface area contributed by atoms with Crippen molar-refractivity contribution in [3.63, 3.8) is 0 Å². The molecule has 0 fully saturated rings. The van der Waals surface area contributed by atoms with Gasteiger partial charge in [0.15, 0.2) is 5.16 Å². The molecule has 0 aliphatic heterocycles. The lowest BCUT2D eigenvalue weighted by molar-refractivity contribution is -0.113. The Bertz CT molecular complexity index is 1040. The number of carbonyl (C=O) groups excluding carboxylic acids is 1. The van der Waals surface area contributed by atoms with Gasteiger partial charge in [0.2, 0.25) is 5.91 Å². The van der Waals surface area contributed by atoms with Crippen LogP contribution < -0.4 is 5.32 Å². The number of halogens is 2. The Morgan fingerprint density at radius 2 is 1.93 bits per heavy atom. The zero-order chi connectivity index (χ0) is 21.0. The number of amides is 1. The summed E-state index contributed by atoms with van der Waals surface area (Å²) in [4.78, 5) is 12.6. The smallest absolute Gasteiger partial charge is 0.234 e. The third kappa shape index (κ3) is 4.94.